The molecule has 0 aliphatic carbocycles. The highest BCUT2D eigenvalue weighted by Crippen LogP contribution is 2.32. The van der Waals surface area contributed by atoms with Crippen LogP contribution in [0.4, 0.5) is 11.4 Å². The summed E-state index contributed by atoms with van der Waals surface area (Å²) in [6.07, 6.45) is 3.10. The number of amides is 1. The molecule has 1 aromatic heterocycles. The van der Waals surface area contributed by atoms with Crippen molar-refractivity contribution in [1.29, 1.82) is 5.26 Å². The predicted molar refractivity (Wildman–Crippen MR) is 102 cm³/mol. The first-order valence-corrected chi connectivity index (χ1v) is 8.61. The van der Waals surface area contributed by atoms with Crippen LogP contribution in [0, 0.1) is 11.3 Å². The summed E-state index contributed by atoms with van der Waals surface area (Å²) in [5.41, 5.74) is 3.12. The molecule has 7 heteroatoms. The van der Waals surface area contributed by atoms with Crippen LogP contribution in [-0.4, -0.2) is 17.7 Å². The lowest BCUT2D eigenvalue weighted by Gasteiger charge is -2.10. The second-order valence-corrected chi connectivity index (χ2v) is 6.11. The van der Waals surface area contributed by atoms with E-state index in [1.165, 1.54) is 6.20 Å². The highest BCUT2D eigenvalue weighted by atomic mass is 16.7. The average molecular weight is 372 g/mol. The van der Waals surface area contributed by atoms with Crippen molar-refractivity contribution in [2.24, 2.45) is 0 Å². The Morgan fingerprint density at radius 1 is 1.11 bits per heavy atom. The first kappa shape index (κ1) is 17.4. The molecule has 0 fully saturated rings. The quantitative estimate of drug-likeness (QED) is 0.713. The van der Waals surface area contributed by atoms with E-state index in [9.17, 15) is 10.1 Å². The van der Waals surface area contributed by atoms with Gasteiger partial charge in [0, 0.05) is 12.7 Å². The normalized spacial score (nSPS) is 11.5. The van der Waals surface area contributed by atoms with Crippen LogP contribution in [0.15, 0.2) is 60.9 Å². The molecule has 0 atom stereocenters. The number of rotatable bonds is 5. The van der Waals surface area contributed by atoms with E-state index in [4.69, 9.17) is 9.47 Å². The third-order valence-corrected chi connectivity index (χ3v) is 4.22. The number of pyridine rings is 1. The average Bonchev–Trinajstić information content (AvgIpc) is 3.20. The van der Waals surface area contributed by atoms with Gasteiger partial charge < -0.3 is 20.1 Å². The van der Waals surface area contributed by atoms with Gasteiger partial charge in [-0.2, -0.15) is 5.26 Å². The summed E-state index contributed by atoms with van der Waals surface area (Å²) < 4.78 is 10.6. The van der Waals surface area contributed by atoms with Crippen LogP contribution in [0.5, 0.6) is 11.5 Å². The van der Waals surface area contributed by atoms with Crippen molar-refractivity contribution in [1.82, 2.24) is 10.3 Å². The van der Waals surface area contributed by atoms with Crippen LogP contribution >= 0.6 is 0 Å². The highest BCUT2D eigenvalue weighted by Gasteiger charge is 2.14. The van der Waals surface area contributed by atoms with E-state index in [-0.39, 0.29) is 12.7 Å². The molecular weight excluding hydrogens is 356 g/mol. The maximum Gasteiger partial charge on any atom is 0.253 e. The summed E-state index contributed by atoms with van der Waals surface area (Å²) >= 11 is 0. The number of nitrogens with one attached hydrogen (secondary N) is 2. The number of fused-ring (bicyclic) bond motifs is 1. The van der Waals surface area contributed by atoms with Crippen LogP contribution in [0.2, 0.25) is 0 Å². The van der Waals surface area contributed by atoms with Gasteiger partial charge in [-0.05, 0) is 35.9 Å². The molecular formula is C21H16N4O3. The number of hydrogen-bond acceptors (Lipinski definition) is 6. The number of carbonyl (C=O) groups excluding carboxylic acids is 1. The van der Waals surface area contributed by atoms with Crippen molar-refractivity contribution >= 4 is 17.3 Å². The topological polar surface area (TPSA) is 96.3 Å². The van der Waals surface area contributed by atoms with Crippen LogP contribution in [0.25, 0.3) is 0 Å². The van der Waals surface area contributed by atoms with Gasteiger partial charge in [0.05, 0.1) is 28.7 Å². The summed E-state index contributed by atoms with van der Waals surface area (Å²) in [4.78, 5) is 16.6. The van der Waals surface area contributed by atoms with Gasteiger partial charge in [0.2, 0.25) is 6.79 Å². The van der Waals surface area contributed by atoms with E-state index in [1.807, 2.05) is 24.3 Å². The minimum Gasteiger partial charge on any atom is -0.454 e. The van der Waals surface area contributed by atoms with E-state index >= 15 is 0 Å². The Morgan fingerprint density at radius 2 is 1.96 bits per heavy atom. The summed E-state index contributed by atoms with van der Waals surface area (Å²) in [5, 5.41) is 15.2. The van der Waals surface area contributed by atoms with Gasteiger partial charge in [0.1, 0.15) is 6.07 Å². The Hall–Kier alpha value is -4.05. The Balaban J connectivity index is 1.43. The molecule has 2 aromatic carbocycles. The number of nitriles is 1. The summed E-state index contributed by atoms with van der Waals surface area (Å²) in [7, 11) is 0. The molecule has 7 nitrogen and oxygen atoms in total. The molecule has 0 radical (unpaired) electrons. The lowest BCUT2D eigenvalue weighted by molar-refractivity contribution is 0.0950. The maximum atomic E-state index is 12.5. The molecule has 28 heavy (non-hydrogen) atoms. The summed E-state index contributed by atoms with van der Waals surface area (Å²) in [6, 6.07) is 16.5. The molecule has 0 saturated heterocycles. The molecule has 0 bridgehead atoms. The van der Waals surface area contributed by atoms with E-state index in [0.29, 0.717) is 40.5 Å². The van der Waals surface area contributed by atoms with Crippen molar-refractivity contribution in [3.63, 3.8) is 0 Å². The van der Waals surface area contributed by atoms with Crippen molar-refractivity contribution in [2.75, 3.05) is 12.1 Å². The molecule has 1 aliphatic rings. The van der Waals surface area contributed by atoms with Gasteiger partial charge in [0.15, 0.2) is 11.5 Å². The van der Waals surface area contributed by atoms with Crippen molar-refractivity contribution in [3.05, 3.63) is 77.6 Å². The second-order valence-electron chi connectivity index (χ2n) is 6.11. The lowest BCUT2D eigenvalue weighted by atomic mass is 10.1. The van der Waals surface area contributed by atoms with Crippen LogP contribution in [0.1, 0.15) is 21.5 Å². The molecule has 2 N–H and O–H groups in total. The third-order valence-electron chi connectivity index (χ3n) is 4.22. The van der Waals surface area contributed by atoms with Crippen molar-refractivity contribution < 1.29 is 14.3 Å². The standard InChI is InChI=1S/C21H16N4O3/c22-9-15-3-1-2-4-18(15)25-17-8-16(11-23-12-17)21(26)24-10-14-5-6-19-20(7-14)28-13-27-19/h1-8,11-12,25H,10,13H2,(H,24,26). The fraction of sp³-hybridized carbons (Fsp3) is 0.0952. The largest absolute Gasteiger partial charge is 0.454 e. The third kappa shape index (κ3) is 3.71. The Morgan fingerprint density at radius 3 is 2.86 bits per heavy atom. The molecule has 0 saturated carbocycles. The Labute approximate surface area is 161 Å². The minimum atomic E-state index is -0.248. The minimum absolute atomic E-state index is 0.214. The number of anilines is 2. The number of para-hydroxylation sites is 1. The highest BCUT2D eigenvalue weighted by molar-refractivity contribution is 5.94. The molecule has 3 aromatic rings. The molecule has 138 valence electrons. The van der Waals surface area contributed by atoms with Crippen LogP contribution in [0.3, 0.4) is 0 Å². The molecule has 1 amide bonds. The van der Waals surface area contributed by atoms with E-state index in [1.54, 1.807) is 30.5 Å². The molecule has 1 aliphatic heterocycles. The fourth-order valence-corrected chi connectivity index (χ4v) is 2.81. The van der Waals surface area contributed by atoms with Gasteiger partial charge in [-0.15, -0.1) is 0 Å². The van der Waals surface area contributed by atoms with Crippen molar-refractivity contribution in [3.8, 4) is 17.6 Å². The van der Waals surface area contributed by atoms with Gasteiger partial charge in [-0.3, -0.25) is 9.78 Å². The molecule has 2 heterocycles. The lowest BCUT2D eigenvalue weighted by Crippen LogP contribution is -2.23. The van der Waals surface area contributed by atoms with E-state index in [2.05, 4.69) is 21.7 Å². The molecule has 4 rings (SSSR count). The van der Waals surface area contributed by atoms with Gasteiger partial charge in [0.25, 0.3) is 5.91 Å². The molecule has 0 spiro atoms. The van der Waals surface area contributed by atoms with Crippen LogP contribution in [-0.2, 0) is 6.54 Å². The zero-order valence-corrected chi connectivity index (χ0v) is 14.8. The van der Waals surface area contributed by atoms with E-state index < -0.39 is 0 Å². The zero-order valence-electron chi connectivity index (χ0n) is 14.8. The zero-order chi connectivity index (χ0) is 19.3. The first-order valence-electron chi connectivity index (χ1n) is 8.61. The number of aromatic nitrogens is 1. The van der Waals surface area contributed by atoms with Gasteiger partial charge in [-0.25, -0.2) is 0 Å². The Kier molecular flexibility index (Phi) is 4.76. The maximum absolute atomic E-state index is 12.5. The van der Waals surface area contributed by atoms with E-state index in [0.717, 1.165) is 5.56 Å². The molecule has 0 unspecified atom stereocenters. The van der Waals surface area contributed by atoms with Gasteiger partial charge in [-0.1, -0.05) is 18.2 Å². The first-order chi connectivity index (χ1) is 13.7. The fourth-order valence-electron chi connectivity index (χ4n) is 2.81. The predicted octanol–water partition coefficient (Wildman–Crippen LogP) is 3.36. The Bertz CT molecular complexity index is 1080. The summed E-state index contributed by atoms with van der Waals surface area (Å²) in [5.74, 6) is 1.13. The number of carbonyl (C=O) groups is 1. The monoisotopic (exact) mass is 372 g/mol. The number of ether oxygens (including phenoxy) is 2. The smallest absolute Gasteiger partial charge is 0.253 e. The number of hydrogen-bond donors (Lipinski definition) is 2. The second kappa shape index (κ2) is 7.68. The summed E-state index contributed by atoms with van der Waals surface area (Å²) in [6.45, 7) is 0.565. The number of nitrogens with zero attached hydrogens (tertiary/aromatic N) is 2. The van der Waals surface area contributed by atoms with Crippen LogP contribution < -0.4 is 20.1 Å². The van der Waals surface area contributed by atoms with Crippen molar-refractivity contribution in [2.45, 2.75) is 6.54 Å². The SMILES string of the molecule is N#Cc1ccccc1Nc1cncc(C(=O)NCc2ccc3c(c2)OCO3)c1. The number of benzene rings is 2. The van der Waals surface area contributed by atoms with Gasteiger partial charge >= 0.3 is 0 Å².